The van der Waals surface area contributed by atoms with Gasteiger partial charge >= 0.3 is 0 Å². The summed E-state index contributed by atoms with van der Waals surface area (Å²) in [5, 5.41) is 0. The molecule has 4 heteroatoms. The molecule has 0 aliphatic rings. The Morgan fingerprint density at radius 1 is 1.50 bits per heavy atom. The minimum atomic E-state index is 0.703. The van der Waals surface area contributed by atoms with Gasteiger partial charge in [-0.25, -0.2) is 4.98 Å². The van der Waals surface area contributed by atoms with Crippen LogP contribution >= 0.6 is 11.6 Å². The van der Waals surface area contributed by atoms with Crippen LogP contribution in [0.3, 0.4) is 0 Å². The third-order valence-corrected chi connectivity index (χ3v) is 2.59. The lowest BCUT2D eigenvalue weighted by Gasteiger charge is -2.18. The van der Waals surface area contributed by atoms with Gasteiger partial charge in [0.1, 0.15) is 5.82 Å². The van der Waals surface area contributed by atoms with E-state index in [1.165, 1.54) is 0 Å². The van der Waals surface area contributed by atoms with E-state index in [1.807, 2.05) is 19.4 Å². The van der Waals surface area contributed by atoms with Crippen molar-refractivity contribution in [1.29, 1.82) is 0 Å². The smallest absolute Gasteiger partial charge is 0.109 e. The summed E-state index contributed by atoms with van der Waals surface area (Å²) in [6.07, 6.45) is 4.81. The van der Waals surface area contributed by atoms with Crippen molar-refractivity contribution in [3.8, 4) is 0 Å². The molecule has 0 aromatic carbocycles. The van der Waals surface area contributed by atoms with Crippen molar-refractivity contribution in [3.63, 3.8) is 0 Å². The molecule has 0 unspecified atom stereocenters. The summed E-state index contributed by atoms with van der Waals surface area (Å²) >= 11 is 5.70. The Balaban J connectivity index is 2.35. The molecule has 1 aromatic heterocycles. The molecular weight excluding hydrogens is 198 g/mol. The number of aryl methyl sites for hydroxylation is 1. The molecule has 0 radical (unpaired) electrons. The van der Waals surface area contributed by atoms with Crippen LogP contribution in [0, 0.1) is 0 Å². The van der Waals surface area contributed by atoms with Crippen molar-refractivity contribution < 1.29 is 0 Å². The number of imidazole rings is 1. The van der Waals surface area contributed by atoms with Crippen molar-refractivity contribution in [1.82, 2.24) is 14.5 Å². The first-order chi connectivity index (χ1) is 6.77. The molecule has 3 nitrogen and oxygen atoms in total. The number of aromatic nitrogens is 2. The number of hydrogen-bond donors (Lipinski definition) is 0. The zero-order valence-corrected chi connectivity index (χ0v) is 9.67. The minimum absolute atomic E-state index is 0.703. The average Bonchev–Trinajstić information content (AvgIpc) is 2.59. The lowest BCUT2D eigenvalue weighted by Crippen LogP contribution is -2.28. The molecule has 80 valence electrons. The van der Waals surface area contributed by atoms with Crippen LogP contribution in [0.25, 0.3) is 0 Å². The maximum atomic E-state index is 5.70. The maximum Gasteiger partial charge on any atom is 0.109 e. The summed E-state index contributed by atoms with van der Waals surface area (Å²) in [6.45, 7) is 5.21. The fraction of sp³-hybridized carbons (Fsp3) is 0.700. The van der Waals surface area contributed by atoms with Gasteiger partial charge in [0.05, 0.1) is 0 Å². The monoisotopic (exact) mass is 215 g/mol. The molecule has 0 fully saturated rings. The second-order valence-corrected chi connectivity index (χ2v) is 3.71. The zero-order chi connectivity index (χ0) is 10.4. The van der Waals surface area contributed by atoms with E-state index in [-0.39, 0.29) is 0 Å². The number of likely N-dealkylation sites (N-methyl/N-ethyl adjacent to an activating group) is 1. The maximum absolute atomic E-state index is 5.70. The normalized spacial score (nSPS) is 11.1. The van der Waals surface area contributed by atoms with Crippen molar-refractivity contribution in [3.05, 3.63) is 18.2 Å². The Labute approximate surface area is 90.7 Å². The van der Waals surface area contributed by atoms with Crippen LogP contribution in [0.4, 0.5) is 0 Å². The van der Waals surface area contributed by atoms with E-state index in [4.69, 9.17) is 11.6 Å². The fourth-order valence-corrected chi connectivity index (χ4v) is 1.68. The predicted octanol–water partition coefficient (Wildman–Crippen LogP) is 1.52. The molecule has 0 N–H and O–H groups in total. The average molecular weight is 216 g/mol. The molecule has 1 aromatic rings. The molecule has 1 heterocycles. The van der Waals surface area contributed by atoms with Crippen molar-refractivity contribution in [2.24, 2.45) is 7.05 Å². The van der Waals surface area contributed by atoms with Gasteiger partial charge in [0.25, 0.3) is 0 Å². The van der Waals surface area contributed by atoms with E-state index in [0.717, 1.165) is 31.9 Å². The van der Waals surface area contributed by atoms with Crippen molar-refractivity contribution in [2.45, 2.75) is 13.3 Å². The van der Waals surface area contributed by atoms with Gasteiger partial charge in [-0.3, -0.25) is 0 Å². The second-order valence-electron chi connectivity index (χ2n) is 3.33. The number of rotatable bonds is 6. The van der Waals surface area contributed by atoms with Gasteiger partial charge in [-0.2, -0.15) is 0 Å². The standard InChI is InChI=1S/C10H18ClN3/c1-3-14(8-5-11)7-4-10-12-6-9-13(10)2/h6,9H,3-5,7-8H2,1-2H3. The molecule has 1 rings (SSSR count). The van der Waals surface area contributed by atoms with Crippen molar-refractivity contribution >= 4 is 11.6 Å². The lowest BCUT2D eigenvalue weighted by atomic mass is 10.3. The summed E-state index contributed by atoms with van der Waals surface area (Å²) in [4.78, 5) is 6.62. The molecule has 0 amide bonds. The van der Waals surface area contributed by atoms with Crippen LogP contribution in [0.1, 0.15) is 12.7 Å². The SMILES string of the molecule is CCN(CCCl)CCc1nccn1C. The highest BCUT2D eigenvalue weighted by molar-refractivity contribution is 6.18. The summed E-state index contributed by atoms with van der Waals surface area (Å²) in [7, 11) is 2.03. The number of hydrogen-bond acceptors (Lipinski definition) is 2. The van der Waals surface area contributed by atoms with E-state index in [2.05, 4.69) is 21.4 Å². The van der Waals surface area contributed by atoms with Crippen LogP contribution in [-0.2, 0) is 13.5 Å². The van der Waals surface area contributed by atoms with Gasteiger partial charge in [-0.15, -0.1) is 11.6 Å². The quantitative estimate of drug-likeness (QED) is 0.671. The molecular formula is C10H18ClN3. The zero-order valence-electron chi connectivity index (χ0n) is 8.91. The summed E-state index contributed by atoms with van der Waals surface area (Å²) in [5.41, 5.74) is 0. The minimum Gasteiger partial charge on any atom is -0.338 e. The Kier molecular flexibility index (Phi) is 4.98. The largest absolute Gasteiger partial charge is 0.338 e. The number of alkyl halides is 1. The van der Waals surface area contributed by atoms with E-state index in [9.17, 15) is 0 Å². The molecule has 14 heavy (non-hydrogen) atoms. The predicted molar refractivity (Wildman–Crippen MR) is 59.7 cm³/mol. The van der Waals surface area contributed by atoms with Crippen LogP contribution in [0.5, 0.6) is 0 Å². The first-order valence-corrected chi connectivity index (χ1v) is 5.56. The molecule has 0 atom stereocenters. The van der Waals surface area contributed by atoms with Crippen LogP contribution < -0.4 is 0 Å². The van der Waals surface area contributed by atoms with E-state index < -0.39 is 0 Å². The van der Waals surface area contributed by atoms with Gasteiger partial charge in [-0.1, -0.05) is 6.92 Å². The molecule has 0 saturated heterocycles. The van der Waals surface area contributed by atoms with Crippen molar-refractivity contribution in [2.75, 3.05) is 25.5 Å². The number of halogens is 1. The fourth-order valence-electron chi connectivity index (χ4n) is 1.44. The topological polar surface area (TPSA) is 21.1 Å². The molecule has 0 spiro atoms. The van der Waals surface area contributed by atoms with Gasteiger partial charge < -0.3 is 9.47 Å². The molecule has 0 saturated carbocycles. The Bertz CT molecular complexity index is 260. The Hall–Kier alpha value is -0.540. The first kappa shape index (κ1) is 11.5. The molecule has 0 bridgehead atoms. The molecule has 0 aliphatic carbocycles. The third kappa shape index (κ3) is 3.31. The van der Waals surface area contributed by atoms with Gasteiger partial charge in [0, 0.05) is 44.8 Å². The summed E-state index contributed by atoms with van der Waals surface area (Å²) < 4.78 is 2.06. The Morgan fingerprint density at radius 3 is 2.79 bits per heavy atom. The molecule has 0 aliphatic heterocycles. The number of nitrogens with zero attached hydrogens (tertiary/aromatic N) is 3. The van der Waals surface area contributed by atoms with E-state index in [1.54, 1.807) is 0 Å². The van der Waals surface area contributed by atoms with E-state index >= 15 is 0 Å². The van der Waals surface area contributed by atoms with Crippen LogP contribution in [0.2, 0.25) is 0 Å². The lowest BCUT2D eigenvalue weighted by molar-refractivity contribution is 0.306. The van der Waals surface area contributed by atoms with Gasteiger partial charge in [0.2, 0.25) is 0 Å². The van der Waals surface area contributed by atoms with E-state index in [0.29, 0.717) is 5.88 Å². The van der Waals surface area contributed by atoms with Gasteiger partial charge in [-0.05, 0) is 6.54 Å². The first-order valence-electron chi connectivity index (χ1n) is 5.02. The summed E-state index contributed by atoms with van der Waals surface area (Å²) in [6, 6.07) is 0. The summed E-state index contributed by atoms with van der Waals surface area (Å²) in [5.74, 6) is 1.84. The van der Waals surface area contributed by atoms with Crippen LogP contribution in [0.15, 0.2) is 12.4 Å². The highest BCUT2D eigenvalue weighted by atomic mass is 35.5. The van der Waals surface area contributed by atoms with Gasteiger partial charge in [0.15, 0.2) is 0 Å². The van der Waals surface area contributed by atoms with Crippen LogP contribution in [-0.4, -0.2) is 40.0 Å². The third-order valence-electron chi connectivity index (χ3n) is 2.42. The highest BCUT2D eigenvalue weighted by Gasteiger charge is 2.04. The Morgan fingerprint density at radius 2 is 2.29 bits per heavy atom. The highest BCUT2D eigenvalue weighted by Crippen LogP contribution is 1.98. The second kappa shape index (κ2) is 6.04.